The average molecular weight is 268 g/mol. The molecule has 0 atom stereocenters. The molecule has 1 aliphatic heterocycles. The number of carbonyl (C=O) groups excluding carboxylic acids is 1. The van der Waals surface area contributed by atoms with Gasteiger partial charge in [0.05, 0.1) is 12.5 Å². The molecule has 0 aromatic heterocycles. The van der Waals surface area contributed by atoms with Crippen molar-refractivity contribution in [2.24, 2.45) is 5.84 Å². The molecule has 5 nitrogen and oxygen atoms in total. The first-order valence-electron chi connectivity index (χ1n) is 6.07. The summed E-state index contributed by atoms with van der Waals surface area (Å²) in [5.41, 5.74) is 1.94. The first kappa shape index (κ1) is 13.8. The van der Waals surface area contributed by atoms with Gasteiger partial charge < -0.3 is 9.47 Å². The van der Waals surface area contributed by atoms with Crippen molar-refractivity contribution in [3.8, 4) is 5.75 Å². The van der Waals surface area contributed by atoms with E-state index in [1.54, 1.807) is 6.07 Å². The van der Waals surface area contributed by atoms with Crippen LogP contribution in [-0.4, -0.2) is 26.2 Å². The molecule has 0 spiro atoms. The van der Waals surface area contributed by atoms with E-state index in [1.165, 1.54) is 19.2 Å². The summed E-state index contributed by atoms with van der Waals surface area (Å²) in [4.78, 5) is 12.1. The van der Waals surface area contributed by atoms with Crippen molar-refractivity contribution >= 4 is 5.91 Å². The van der Waals surface area contributed by atoms with Crippen molar-refractivity contribution in [3.05, 3.63) is 29.6 Å². The average Bonchev–Trinajstić information content (AvgIpc) is 2.47. The van der Waals surface area contributed by atoms with E-state index in [1.807, 2.05) is 0 Å². The molecule has 1 aromatic carbocycles. The topological polar surface area (TPSA) is 73.6 Å². The van der Waals surface area contributed by atoms with Crippen LogP contribution in [-0.2, 0) is 14.9 Å². The number of nitrogens with one attached hydrogen (secondary N) is 1. The monoisotopic (exact) mass is 268 g/mol. The van der Waals surface area contributed by atoms with Gasteiger partial charge in [0.15, 0.2) is 11.6 Å². The third-order valence-corrected chi connectivity index (χ3v) is 3.62. The molecule has 0 unspecified atom stereocenters. The van der Waals surface area contributed by atoms with Crippen molar-refractivity contribution in [1.82, 2.24) is 5.43 Å². The fourth-order valence-electron chi connectivity index (χ4n) is 2.47. The van der Waals surface area contributed by atoms with Crippen LogP contribution in [0.25, 0.3) is 0 Å². The molecule has 2 rings (SSSR count). The number of rotatable bonds is 3. The lowest BCUT2D eigenvalue weighted by atomic mass is 9.73. The standard InChI is InChI=1S/C13H17FN2O3/c1-18-11-3-2-9(8-10(11)14)13(12(17)16-15)4-6-19-7-5-13/h2-3,8H,4-7,15H2,1H3,(H,16,17). The summed E-state index contributed by atoms with van der Waals surface area (Å²) in [5, 5.41) is 0. The van der Waals surface area contributed by atoms with Crippen LogP contribution < -0.4 is 16.0 Å². The molecule has 19 heavy (non-hydrogen) atoms. The Morgan fingerprint density at radius 1 is 1.47 bits per heavy atom. The summed E-state index contributed by atoms with van der Waals surface area (Å²) in [7, 11) is 1.40. The number of hydrazine groups is 1. The normalized spacial score (nSPS) is 17.8. The summed E-state index contributed by atoms with van der Waals surface area (Å²) < 4.78 is 24.0. The van der Waals surface area contributed by atoms with Crippen LogP contribution in [0.2, 0.25) is 0 Å². The van der Waals surface area contributed by atoms with Crippen LogP contribution in [0.5, 0.6) is 5.75 Å². The maximum Gasteiger partial charge on any atom is 0.244 e. The van der Waals surface area contributed by atoms with E-state index in [0.717, 1.165) is 0 Å². The molecular weight excluding hydrogens is 251 g/mol. The van der Waals surface area contributed by atoms with Gasteiger partial charge in [-0.3, -0.25) is 10.2 Å². The predicted molar refractivity (Wildman–Crippen MR) is 67.0 cm³/mol. The summed E-state index contributed by atoms with van der Waals surface area (Å²) in [6.07, 6.45) is 0.948. The fraction of sp³-hybridized carbons (Fsp3) is 0.462. The minimum Gasteiger partial charge on any atom is -0.494 e. The minimum atomic E-state index is -0.833. The van der Waals surface area contributed by atoms with Crippen molar-refractivity contribution in [2.45, 2.75) is 18.3 Å². The van der Waals surface area contributed by atoms with Crippen LogP contribution in [0.1, 0.15) is 18.4 Å². The number of hydrogen-bond acceptors (Lipinski definition) is 4. The number of hydrogen-bond donors (Lipinski definition) is 2. The lowest BCUT2D eigenvalue weighted by Crippen LogP contribution is -2.50. The largest absolute Gasteiger partial charge is 0.494 e. The number of amides is 1. The van der Waals surface area contributed by atoms with Crippen LogP contribution in [0.4, 0.5) is 4.39 Å². The Hall–Kier alpha value is -1.66. The number of carbonyl (C=O) groups is 1. The predicted octanol–water partition coefficient (Wildman–Crippen LogP) is 0.872. The Balaban J connectivity index is 2.43. The molecule has 3 N–H and O–H groups in total. The number of nitrogens with two attached hydrogens (primary N) is 1. The van der Waals surface area contributed by atoms with Gasteiger partial charge in [0.1, 0.15) is 0 Å². The molecule has 6 heteroatoms. The van der Waals surface area contributed by atoms with Crippen molar-refractivity contribution in [2.75, 3.05) is 20.3 Å². The van der Waals surface area contributed by atoms with Crippen molar-refractivity contribution < 1.29 is 18.7 Å². The summed E-state index contributed by atoms with van der Waals surface area (Å²) >= 11 is 0. The van der Waals surface area contributed by atoms with Gasteiger partial charge in [0.25, 0.3) is 0 Å². The summed E-state index contributed by atoms with van der Waals surface area (Å²) in [6, 6.07) is 4.55. The number of ether oxygens (including phenoxy) is 2. The van der Waals surface area contributed by atoms with E-state index in [0.29, 0.717) is 31.6 Å². The highest BCUT2D eigenvalue weighted by Gasteiger charge is 2.41. The SMILES string of the molecule is COc1ccc(C2(C(=O)NN)CCOCC2)cc1F. The van der Waals surface area contributed by atoms with E-state index in [-0.39, 0.29) is 11.7 Å². The Morgan fingerprint density at radius 2 is 2.16 bits per heavy atom. The molecule has 1 aromatic rings. The molecule has 1 heterocycles. The second-order valence-corrected chi connectivity index (χ2v) is 4.52. The third kappa shape index (κ3) is 2.41. The van der Waals surface area contributed by atoms with Crippen LogP contribution in [0.3, 0.4) is 0 Å². The van der Waals surface area contributed by atoms with Crippen molar-refractivity contribution in [3.63, 3.8) is 0 Å². The summed E-state index contributed by atoms with van der Waals surface area (Å²) in [5.74, 6) is 4.60. The van der Waals surface area contributed by atoms with Gasteiger partial charge >= 0.3 is 0 Å². The molecule has 1 aliphatic rings. The molecule has 0 aliphatic carbocycles. The second-order valence-electron chi connectivity index (χ2n) is 4.52. The van der Waals surface area contributed by atoms with E-state index in [2.05, 4.69) is 5.43 Å². The maximum absolute atomic E-state index is 13.8. The van der Waals surface area contributed by atoms with E-state index < -0.39 is 11.2 Å². The molecule has 104 valence electrons. The van der Waals surface area contributed by atoms with Gasteiger partial charge in [0.2, 0.25) is 5.91 Å². The lowest BCUT2D eigenvalue weighted by Gasteiger charge is -2.35. The lowest BCUT2D eigenvalue weighted by molar-refractivity contribution is -0.130. The van der Waals surface area contributed by atoms with E-state index >= 15 is 0 Å². The highest BCUT2D eigenvalue weighted by molar-refractivity contribution is 5.88. The number of methoxy groups -OCH3 is 1. The molecule has 1 saturated heterocycles. The van der Waals surface area contributed by atoms with E-state index in [4.69, 9.17) is 15.3 Å². The minimum absolute atomic E-state index is 0.152. The highest BCUT2D eigenvalue weighted by atomic mass is 19.1. The van der Waals surface area contributed by atoms with Crippen LogP contribution in [0, 0.1) is 5.82 Å². The quantitative estimate of drug-likeness (QED) is 0.485. The first-order chi connectivity index (χ1) is 9.14. The van der Waals surface area contributed by atoms with Gasteiger partial charge in [-0.15, -0.1) is 0 Å². The molecule has 0 saturated carbocycles. The van der Waals surface area contributed by atoms with Gasteiger partial charge in [0, 0.05) is 13.2 Å². The fourth-order valence-corrected chi connectivity index (χ4v) is 2.47. The Morgan fingerprint density at radius 3 is 2.68 bits per heavy atom. The second kappa shape index (κ2) is 5.54. The van der Waals surface area contributed by atoms with Gasteiger partial charge in [-0.1, -0.05) is 6.07 Å². The molecule has 1 amide bonds. The first-order valence-corrected chi connectivity index (χ1v) is 6.07. The van der Waals surface area contributed by atoms with Crippen LogP contribution >= 0.6 is 0 Å². The smallest absolute Gasteiger partial charge is 0.244 e. The Kier molecular flexibility index (Phi) is 4.01. The molecule has 1 fully saturated rings. The zero-order valence-corrected chi connectivity index (χ0v) is 10.7. The van der Waals surface area contributed by atoms with Crippen LogP contribution in [0.15, 0.2) is 18.2 Å². The third-order valence-electron chi connectivity index (χ3n) is 3.62. The number of benzene rings is 1. The zero-order valence-electron chi connectivity index (χ0n) is 10.7. The molecular formula is C13H17FN2O3. The number of halogens is 1. The highest BCUT2D eigenvalue weighted by Crippen LogP contribution is 2.36. The van der Waals surface area contributed by atoms with Gasteiger partial charge in [-0.05, 0) is 30.5 Å². The zero-order chi connectivity index (χ0) is 13.9. The molecule has 0 bridgehead atoms. The van der Waals surface area contributed by atoms with Gasteiger partial charge in [-0.2, -0.15) is 0 Å². The maximum atomic E-state index is 13.8. The van der Waals surface area contributed by atoms with E-state index in [9.17, 15) is 9.18 Å². The Labute approximate surface area is 110 Å². The van der Waals surface area contributed by atoms with Crippen molar-refractivity contribution in [1.29, 1.82) is 0 Å². The Bertz CT molecular complexity index is 473. The molecule has 0 radical (unpaired) electrons. The summed E-state index contributed by atoms with van der Waals surface area (Å²) in [6.45, 7) is 0.891. The van der Waals surface area contributed by atoms with Gasteiger partial charge in [-0.25, -0.2) is 10.2 Å².